The molecule has 5 rings (SSSR count). The van der Waals surface area contributed by atoms with Crippen molar-refractivity contribution in [3.63, 3.8) is 0 Å². The quantitative estimate of drug-likeness (QED) is 0.170. The van der Waals surface area contributed by atoms with Crippen LogP contribution >= 0.6 is 11.3 Å². The van der Waals surface area contributed by atoms with Gasteiger partial charge < -0.3 is 23.4 Å². The highest BCUT2D eigenvalue weighted by molar-refractivity contribution is 7.07. The molecule has 0 amide bonds. The lowest BCUT2D eigenvalue weighted by Crippen LogP contribution is -2.40. The van der Waals surface area contributed by atoms with Gasteiger partial charge in [-0.15, -0.1) is 0 Å². The van der Waals surface area contributed by atoms with Gasteiger partial charge in [0, 0.05) is 12.7 Å². The molecule has 10 nitrogen and oxygen atoms in total. The van der Waals surface area contributed by atoms with Crippen molar-refractivity contribution in [2.24, 2.45) is 4.99 Å². The molecule has 1 aliphatic rings. The zero-order valence-corrected chi connectivity index (χ0v) is 23.3. The molecule has 11 heteroatoms. The van der Waals surface area contributed by atoms with Crippen molar-refractivity contribution in [3.05, 3.63) is 115 Å². The zero-order valence-electron chi connectivity index (χ0n) is 22.5. The maximum Gasteiger partial charge on any atom is 0.379 e. The Hall–Kier alpha value is -4.74. The second-order valence-corrected chi connectivity index (χ2v) is 9.90. The second kappa shape index (κ2) is 12.2. The first-order valence-electron chi connectivity index (χ1n) is 12.6. The summed E-state index contributed by atoms with van der Waals surface area (Å²) in [5.74, 6) is -0.307. The number of fused-ring (bicyclic) bond motifs is 1. The van der Waals surface area contributed by atoms with Crippen LogP contribution in [0.5, 0.6) is 11.5 Å². The molecule has 0 saturated heterocycles. The van der Waals surface area contributed by atoms with Gasteiger partial charge in [0.25, 0.3) is 5.56 Å². The minimum atomic E-state index is -0.837. The molecule has 3 heterocycles. The van der Waals surface area contributed by atoms with Crippen molar-refractivity contribution in [1.82, 2.24) is 4.57 Å². The van der Waals surface area contributed by atoms with Crippen LogP contribution in [0.4, 0.5) is 0 Å². The largest absolute Gasteiger partial charge is 0.496 e. The molecule has 0 spiro atoms. The van der Waals surface area contributed by atoms with Crippen molar-refractivity contribution in [1.29, 1.82) is 0 Å². The first kappa shape index (κ1) is 27.8. The molecule has 0 fully saturated rings. The van der Waals surface area contributed by atoms with Crippen LogP contribution in [-0.2, 0) is 14.3 Å². The second-order valence-electron chi connectivity index (χ2n) is 8.89. The average molecular weight is 575 g/mol. The number of benzene rings is 2. The summed E-state index contributed by atoms with van der Waals surface area (Å²) in [4.78, 5) is 44.5. The molecular weight excluding hydrogens is 548 g/mol. The van der Waals surface area contributed by atoms with Gasteiger partial charge in [0.2, 0.25) is 5.76 Å². The number of aromatic nitrogens is 1. The highest BCUT2D eigenvalue weighted by Crippen LogP contribution is 2.32. The molecule has 41 heavy (non-hydrogen) atoms. The predicted octanol–water partition coefficient (Wildman–Crippen LogP) is 3.25. The third-order valence-electron chi connectivity index (χ3n) is 6.32. The number of ether oxygens (including phenoxy) is 4. The van der Waals surface area contributed by atoms with E-state index in [4.69, 9.17) is 23.4 Å². The Morgan fingerprint density at radius 2 is 1.80 bits per heavy atom. The van der Waals surface area contributed by atoms with Crippen LogP contribution in [0, 0.1) is 0 Å². The number of allylic oxidation sites excluding steroid dienone is 1. The number of carbonyl (C=O) groups excluding carboxylic acids is 2. The number of methoxy groups -OCH3 is 2. The minimum Gasteiger partial charge on any atom is -0.496 e. The summed E-state index contributed by atoms with van der Waals surface area (Å²) in [6.07, 6.45) is 3.12. The number of rotatable bonds is 9. The van der Waals surface area contributed by atoms with Gasteiger partial charge in [-0.3, -0.25) is 9.36 Å². The smallest absolute Gasteiger partial charge is 0.379 e. The van der Waals surface area contributed by atoms with E-state index >= 15 is 0 Å². The number of hydrogen-bond donors (Lipinski definition) is 0. The maximum absolute atomic E-state index is 13.8. The third-order valence-corrected chi connectivity index (χ3v) is 7.30. The standard InChI is InChI=1S/C30H26N2O8S/c1-18-25(29(35)39-16-15-36-2)26(19-10-12-21(13-11-19)40-28(34)23-9-6-14-38-23)32-27(33)24(41-30(32)31-18)17-20-7-4-5-8-22(20)37-3/h4-14,17,26H,15-16H2,1-3H3/b24-17+. The van der Waals surface area contributed by atoms with E-state index in [1.165, 1.54) is 35.3 Å². The normalized spacial score (nSPS) is 14.8. The van der Waals surface area contributed by atoms with Crippen LogP contribution in [0.25, 0.3) is 6.08 Å². The van der Waals surface area contributed by atoms with E-state index in [0.29, 0.717) is 26.3 Å². The molecule has 1 unspecified atom stereocenters. The van der Waals surface area contributed by atoms with Crippen LogP contribution in [0.1, 0.15) is 34.6 Å². The highest BCUT2D eigenvalue weighted by Gasteiger charge is 2.33. The Labute approximate surface area is 238 Å². The lowest BCUT2D eigenvalue weighted by atomic mass is 9.96. The number of nitrogens with zero attached hydrogens (tertiary/aromatic N) is 2. The van der Waals surface area contributed by atoms with Crippen LogP contribution in [0.3, 0.4) is 0 Å². The van der Waals surface area contributed by atoms with Crippen LogP contribution in [0.2, 0.25) is 0 Å². The summed E-state index contributed by atoms with van der Waals surface area (Å²) >= 11 is 1.21. The zero-order chi connectivity index (χ0) is 28.9. The SMILES string of the molecule is COCCOC(=O)C1=C(C)N=c2s/c(=C/c3ccccc3OC)c(=O)n2C1c1ccc(OC(=O)c2ccco2)cc1. The van der Waals surface area contributed by atoms with Crippen LogP contribution < -0.4 is 24.4 Å². The first-order valence-corrected chi connectivity index (χ1v) is 13.4. The summed E-state index contributed by atoms with van der Waals surface area (Å²) in [7, 11) is 3.07. The summed E-state index contributed by atoms with van der Waals surface area (Å²) in [6.45, 7) is 1.97. The number of thiazole rings is 1. The fourth-order valence-corrected chi connectivity index (χ4v) is 5.43. The van der Waals surface area contributed by atoms with Gasteiger partial charge in [-0.2, -0.15) is 0 Å². The van der Waals surface area contributed by atoms with Gasteiger partial charge in [-0.05, 0) is 48.9 Å². The molecule has 0 saturated carbocycles. The molecular formula is C30H26N2O8S. The summed E-state index contributed by atoms with van der Waals surface area (Å²) in [6, 6.07) is 16.2. The fourth-order valence-electron chi connectivity index (χ4n) is 4.39. The first-order chi connectivity index (χ1) is 19.9. The molecule has 4 aromatic rings. The molecule has 2 aromatic carbocycles. The molecule has 1 atom stereocenters. The Balaban J connectivity index is 1.58. The molecule has 0 N–H and O–H groups in total. The van der Waals surface area contributed by atoms with Crippen LogP contribution in [0.15, 0.2) is 92.4 Å². The number of carbonyl (C=O) groups is 2. The summed E-state index contributed by atoms with van der Waals surface area (Å²) in [5.41, 5.74) is 1.65. The van der Waals surface area contributed by atoms with E-state index in [-0.39, 0.29) is 35.9 Å². The third kappa shape index (κ3) is 5.76. The van der Waals surface area contributed by atoms with E-state index in [9.17, 15) is 14.4 Å². The van der Waals surface area contributed by atoms with Gasteiger partial charge in [0.05, 0.1) is 41.8 Å². The van der Waals surface area contributed by atoms with Gasteiger partial charge in [-0.1, -0.05) is 41.7 Å². The molecule has 0 bridgehead atoms. The van der Waals surface area contributed by atoms with Gasteiger partial charge in [0.1, 0.15) is 18.1 Å². The monoisotopic (exact) mass is 574 g/mol. The molecule has 210 valence electrons. The highest BCUT2D eigenvalue weighted by atomic mass is 32.1. The van der Waals surface area contributed by atoms with Crippen molar-refractivity contribution in [3.8, 4) is 11.5 Å². The lowest BCUT2D eigenvalue weighted by Gasteiger charge is -2.25. The van der Waals surface area contributed by atoms with E-state index in [1.54, 1.807) is 50.4 Å². The van der Waals surface area contributed by atoms with E-state index in [2.05, 4.69) is 4.99 Å². The van der Waals surface area contributed by atoms with Gasteiger partial charge >= 0.3 is 11.9 Å². The Morgan fingerprint density at radius 1 is 1.02 bits per heavy atom. The van der Waals surface area contributed by atoms with Crippen molar-refractivity contribution in [2.75, 3.05) is 27.4 Å². The fraction of sp³-hybridized carbons (Fsp3) is 0.200. The Kier molecular flexibility index (Phi) is 8.27. The Morgan fingerprint density at radius 3 is 2.51 bits per heavy atom. The number of furan rings is 1. The maximum atomic E-state index is 13.8. The van der Waals surface area contributed by atoms with Crippen LogP contribution in [-0.4, -0.2) is 43.9 Å². The number of hydrogen-bond acceptors (Lipinski definition) is 10. The van der Waals surface area contributed by atoms with Crippen molar-refractivity contribution >= 4 is 29.4 Å². The number of para-hydroxylation sites is 1. The van der Waals surface area contributed by atoms with Crippen molar-refractivity contribution in [2.45, 2.75) is 13.0 Å². The topological polar surface area (TPSA) is 119 Å². The summed E-state index contributed by atoms with van der Waals surface area (Å²) < 4.78 is 28.3. The summed E-state index contributed by atoms with van der Waals surface area (Å²) in [5, 5.41) is 0. The Bertz CT molecular complexity index is 1780. The predicted molar refractivity (Wildman–Crippen MR) is 150 cm³/mol. The van der Waals surface area contributed by atoms with E-state index in [1.807, 2.05) is 24.3 Å². The molecule has 2 aromatic heterocycles. The molecule has 0 radical (unpaired) electrons. The number of esters is 2. The molecule has 0 aliphatic carbocycles. The lowest BCUT2D eigenvalue weighted by molar-refractivity contribution is -0.140. The van der Waals surface area contributed by atoms with Gasteiger partial charge in [0.15, 0.2) is 4.80 Å². The van der Waals surface area contributed by atoms with E-state index < -0.39 is 18.0 Å². The van der Waals surface area contributed by atoms with Crippen molar-refractivity contribution < 1.29 is 33.0 Å². The van der Waals surface area contributed by atoms with Gasteiger partial charge in [-0.25, -0.2) is 14.6 Å². The van der Waals surface area contributed by atoms with E-state index in [0.717, 1.165) is 5.56 Å². The molecule has 1 aliphatic heterocycles. The minimum absolute atomic E-state index is 0.0404. The average Bonchev–Trinajstić information content (AvgIpc) is 3.62.